The molecule has 1 unspecified atom stereocenters. The van der Waals surface area contributed by atoms with Crippen molar-refractivity contribution in [3.8, 4) is 11.5 Å². The van der Waals surface area contributed by atoms with Gasteiger partial charge in [0.25, 0.3) is 11.8 Å². The Bertz CT molecular complexity index is 932. The van der Waals surface area contributed by atoms with E-state index in [-0.39, 0.29) is 33.6 Å². The fraction of sp³-hybridized carbons (Fsp3) is 0.250. The summed E-state index contributed by atoms with van der Waals surface area (Å²) in [6, 6.07) is 8.62. The van der Waals surface area contributed by atoms with Crippen LogP contribution in [0.5, 0.6) is 11.5 Å². The summed E-state index contributed by atoms with van der Waals surface area (Å²) in [5.41, 5.74) is 2.89. The molecule has 0 aliphatic carbocycles. The maximum absolute atomic E-state index is 12.5. The smallest absolute Gasteiger partial charge is 0.262 e. The molecule has 2 aromatic carbocycles. The van der Waals surface area contributed by atoms with E-state index in [2.05, 4.69) is 15.8 Å². The Morgan fingerprint density at radius 2 is 1.90 bits per heavy atom. The van der Waals surface area contributed by atoms with Crippen LogP contribution in [0.4, 0.5) is 0 Å². The molecule has 0 saturated carbocycles. The molecular weight excluding hydrogens is 417 g/mol. The van der Waals surface area contributed by atoms with Gasteiger partial charge in [0.2, 0.25) is 0 Å². The van der Waals surface area contributed by atoms with Crippen LogP contribution in [0.25, 0.3) is 0 Å². The number of nitrogens with zero attached hydrogens (tertiary/aromatic N) is 1. The Balaban J connectivity index is 2.11. The number of rotatable bonds is 7. The largest absolute Gasteiger partial charge is 0.504 e. The number of benzene rings is 2. The minimum atomic E-state index is -0.849. The zero-order valence-electron chi connectivity index (χ0n) is 16.1. The van der Waals surface area contributed by atoms with Crippen LogP contribution in [0.15, 0.2) is 41.5 Å². The van der Waals surface area contributed by atoms with Crippen LogP contribution in [0.3, 0.4) is 0 Å². The number of aromatic hydroxyl groups is 1. The zero-order valence-corrected chi connectivity index (χ0v) is 17.6. The number of nitrogens with one attached hydrogen (secondary N) is 2. The highest BCUT2D eigenvalue weighted by atomic mass is 35.5. The SMILES string of the molecule is COc1cc(Cl)cc(/C=N/NC(=O)C(NC(=O)c2ccccc2Cl)C(C)C)c1O. The van der Waals surface area contributed by atoms with Gasteiger partial charge in [-0.05, 0) is 24.1 Å². The van der Waals surface area contributed by atoms with E-state index in [9.17, 15) is 14.7 Å². The first-order valence-electron chi connectivity index (χ1n) is 8.69. The molecule has 2 rings (SSSR count). The second kappa shape index (κ2) is 10.1. The lowest BCUT2D eigenvalue weighted by Crippen LogP contribution is -2.48. The van der Waals surface area contributed by atoms with Crippen molar-refractivity contribution >= 4 is 41.2 Å². The molecule has 0 radical (unpaired) electrons. The maximum atomic E-state index is 12.5. The Morgan fingerprint density at radius 3 is 2.52 bits per heavy atom. The number of carbonyl (C=O) groups excluding carboxylic acids is 2. The summed E-state index contributed by atoms with van der Waals surface area (Å²) in [5.74, 6) is -1.19. The molecule has 2 aromatic rings. The van der Waals surface area contributed by atoms with Crippen molar-refractivity contribution in [1.82, 2.24) is 10.7 Å². The van der Waals surface area contributed by atoms with Gasteiger partial charge in [0.05, 0.1) is 23.9 Å². The summed E-state index contributed by atoms with van der Waals surface area (Å²) >= 11 is 12.0. The van der Waals surface area contributed by atoms with Gasteiger partial charge in [-0.2, -0.15) is 5.10 Å². The van der Waals surface area contributed by atoms with Gasteiger partial charge < -0.3 is 15.2 Å². The van der Waals surface area contributed by atoms with Crippen molar-refractivity contribution in [2.45, 2.75) is 19.9 Å². The third-order valence-electron chi connectivity index (χ3n) is 4.02. The Labute approximate surface area is 178 Å². The van der Waals surface area contributed by atoms with E-state index in [4.69, 9.17) is 27.9 Å². The topological polar surface area (TPSA) is 100 Å². The molecule has 0 aromatic heterocycles. The minimum absolute atomic E-state index is 0.165. The molecule has 3 N–H and O–H groups in total. The highest BCUT2D eigenvalue weighted by Crippen LogP contribution is 2.32. The number of hydrogen-bond acceptors (Lipinski definition) is 5. The summed E-state index contributed by atoms with van der Waals surface area (Å²) in [4.78, 5) is 25.0. The zero-order chi connectivity index (χ0) is 21.6. The van der Waals surface area contributed by atoms with Gasteiger partial charge in [-0.3, -0.25) is 9.59 Å². The van der Waals surface area contributed by atoms with E-state index in [0.717, 1.165) is 0 Å². The predicted molar refractivity (Wildman–Crippen MR) is 113 cm³/mol. The van der Waals surface area contributed by atoms with Gasteiger partial charge in [-0.1, -0.05) is 49.2 Å². The number of phenols is 1. The third kappa shape index (κ3) is 5.85. The lowest BCUT2D eigenvalue weighted by atomic mass is 10.0. The molecule has 0 saturated heterocycles. The molecule has 0 spiro atoms. The molecule has 29 heavy (non-hydrogen) atoms. The molecule has 0 heterocycles. The van der Waals surface area contributed by atoms with E-state index in [1.165, 1.54) is 25.5 Å². The van der Waals surface area contributed by atoms with Gasteiger partial charge in [-0.15, -0.1) is 0 Å². The first kappa shape index (κ1) is 22.5. The Hall–Kier alpha value is -2.77. The highest BCUT2D eigenvalue weighted by Gasteiger charge is 2.25. The third-order valence-corrected chi connectivity index (χ3v) is 4.57. The number of hydrogen-bond donors (Lipinski definition) is 3. The Morgan fingerprint density at radius 1 is 1.21 bits per heavy atom. The minimum Gasteiger partial charge on any atom is -0.504 e. The summed E-state index contributed by atoms with van der Waals surface area (Å²) in [5, 5.41) is 17.2. The van der Waals surface area contributed by atoms with Crippen LogP contribution >= 0.6 is 23.2 Å². The van der Waals surface area contributed by atoms with Crippen molar-refractivity contribution in [1.29, 1.82) is 0 Å². The second-order valence-corrected chi connectivity index (χ2v) is 7.30. The van der Waals surface area contributed by atoms with E-state index in [0.29, 0.717) is 5.02 Å². The molecule has 0 aliphatic rings. The molecule has 0 aliphatic heterocycles. The fourth-order valence-corrected chi connectivity index (χ4v) is 2.92. The van der Waals surface area contributed by atoms with E-state index < -0.39 is 17.9 Å². The van der Waals surface area contributed by atoms with Gasteiger partial charge in [0.1, 0.15) is 6.04 Å². The van der Waals surface area contributed by atoms with E-state index in [1.807, 2.05) is 0 Å². The predicted octanol–water partition coefficient (Wildman–Crippen LogP) is 3.61. The number of amides is 2. The first-order valence-corrected chi connectivity index (χ1v) is 9.45. The lowest BCUT2D eigenvalue weighted by molar-refractivity contribution is -0.123. The lowest BCUT2D eigenvalue weighted by Gasteiger charge is -2.20. The quantitative estimate of drug-likeness (QED) is 0.454. The second-order valence-electron chi connectivity index (χ2n) is 6.46. The van der Waals surface area contributed by atoms with Crippen molar-refractivity contribution in [2.24, 2.45) is 11.0 Å². The van der Waals surface area contributed by atoms with Gasteiger partial charge in [-0.25, -0.2) is 5.43 Å². The van der Waals surface area contributed by atoms with Crippen molar-refractivity contribution < 1.29 is 19.4 Å². The summed E-state index contributed by atoms with van der Waals surface area (Å²) < 4.78 is 5.02. The van der Waals surface area contributed by atoms with E-state index >= 15 is 0 Å². The summed E-state index contributed by atoms with van der Waals surface area (Å²) in [7, 11) is 1.39. The molecule has 154 valence electrons. The standard InChI is InChI=1S/C20H21Cl2N3O4/c1-11(2)17(24-19(27)14-6-4-5-7-15(14)22)20(28)25-23-10-12-8-13(21)9-16(29-3)18(12)26/h4-11,17,26H,1-3H3,(H,24,27)(H,25,28)/b23-10+. The van der Waals surface area contributed by atoms with Crippen molar-refractivity contribution in [2.75, 3.05) is 7.11 Å². The van der Waals surface area contributed by atoms with Crippen molar-refractivity contribution in [3.05, 3.63) is 57.6 Å². The number of carbonyl (C=O) groups is 2. The van der Waals surface area contributed by atoms with E-state index in [1.54, 1.807) is 38.1 Å². The number of methoxy groups -OCH3 is 1. The van der Waals surface area contributed by atoms with Gasteiger partial charge >= 0.3 is 0 Å². The highest BCUT2D eigenvalue weighted by molar-refractivity contribution is 6.33. The van der Waals surface area contributed by atoms with Crippen LogP contribution in [-0.2, 0) is 4.79 Å². The van der Waals surface area contributed by atoms with Crippen molar-refractivity contribution in [3.63, 3.8) is 0 Å². The molecule has 0 bridgehead atoms. The monoisotopic (exact) mass is 437 g/mol. The van der Waals surface area contributed by atoms with Gasteiger partial charge in [0.15, 0.2) is 11.5 Å². The molecule has 7 nitrogen and oxygen atoms in total. The fourth-order valence-electron chi connectivity index (χ4n) is 2.48. The van der Waals surface area contributed by atoms with Crippen LogP contribution in [0, 0.1) is 5.92 Å². The van der Waals surface area contributed by atoms with Gasteiger partial charge in [0, 0.05) is 16.7 Å². The molecule has 1 atom stereocenters. The average molecular weight is 438 g/mol. The van der Waals surface area contributed by atoms with Crippen LogP contribution < -0.4 is 15.5 Å². The normalized spacial score (nSPS) is 12.1. The molecular formula is C20H21Cl2N3O4. The maximum Gasteiger partial charge on any atom is 0.262 e. The molecule has 2 amide bonds. The Kier molecular flexibility index (Phi) is 7.87. The number of hydrazone groups is 1. The first-order chi connectivity index (χ1) is 13.7. The number of phenolic OH excluding ortho intramolecular Hbond substituents is 1. The molecule has 0 fully saturated rings. The van der Waals surface area contributed by atoms with Crippen LogP contribution in [0.2, 0.25) is 10.0 Å². The number of ether oxygens (including phenoxy) is 1. The molecule has 9 heteroatoms. The summed E-state index contributed by atoms with van der Waals surface area (Å²) in [6.07, 6.45) is 1.23. The summed E-state index contributed by atoms with van der Waals surface area (Å²) in [6.45, 7) is 3.57. The van der Waals surface area contributed by atoms with Crippen LogP contribution in [0.1, 0.15) is 29.8 Å². The van der Waals surface area contributed by atoms with Crippen LogP contribution in [-0.4, -0.2) is 36.3 Å². The average Bonchev–Trinajstić information content (AvgIpc) is 2.68. The number of halogens is 2.